The highest BCUT2D eigenvalue weighted by molar-refractivity contribution is 7.10. The van der Waals surface area contributed by atoms with Crippen molar-refractivity contribution in [3.8, 4) is 0 Å². The largest absolute Gasteiger partial charge is 0.444 e. The number of nitrogens with zero attached hydrogens (tertiary/aromatic N) is 1. The summed E-state index contributed by atoms with van der Waals surface area (Å²) in [5, 5.41) is 2.24. The summed E-state index contributed by atoms with van der Waals surface area (Å²) in [4.78, 5) is 15.6. The molecular weight excluding hydrogens is 322 g/mol. The van der Waals surface area contributed by atoms with Gasteiger partial charge in [0.25, 0.3) is 0 Å². The maximum absolute atomic E-state index is 12.4. The number of carbonyl (C=O) groups excluding carboxylic acids is 1. The average Bonchev–Trinajstić information content (AvgIpc) is 3.09. The molecule has 1 aliphatic rings. The van der Waals surface area contributed by atoms with Crippen LogP contribution < -0.4 is 0 Å². The zero-order chi connectivity index (χ0) is 17.8. The molecule has 1 amide bonds. The number of carbonyl (C=O) groups is 1. The van der Waals surface area contributed by atoms with E-state index < -0.39 is 5.60 Å². The maximum atomic E-state index is 12.4. The number of thiophene rings is 1. The van der Waals surface area contributed by atoms with Crippen LogP contribution in [-0.4, -0.2) is 42.9 Å². The monoisotopic (exact) mass is 353 g/mol. The van der Waals surface area contributed by atoms with Crippen molar-refractivity contribution in [2.24, 2.45) is 5.41 Å². The Morgan fingerprint density at radius 2 is 2.17 bits per heavy atom. The Balaban J connectivity index is 1.99. The molecule has 1 aromatic rings. The lowest BCUT2D eigenvalue weighted by atomic mass is 9.82. The minimum absolute atomic E-state index is 0.0444. The molecular formula is C19H31NO3S. The van der Waals surface area contributed by atoms with Gasteiger partial charge >= 0.3 is 6.09 Å². The fourth-order valence-electron chi connectivity index (χ4n) is 3.17. The van der Waals surface area contributed by atoms with Crippen LogP contribution >= 0.6 is 11.3 Å². The zero-order valence-corrected chi connectivity index (χ0v) is 16.5. The first kappa shape index (κ1) is 19.3. The summed E-state index contributed by atoms with van der Waals surface area (Å²) in [7, 11) is 0. The molecule has 136 valence electrons. The summed E-state index contributed by atoms with van der Waals surface area (Å²) in [6, 6.07) is 2.26. The van der Waals surface area contributed by atoms with Crippen LogP contribution in [0.15, 0.2) is 11.4 Å². The highest BCUT2D eigenvalue weighted by Gasteiger charge is 2.41. The third-order valence-corrected chi connectivity index (χ3v) is 5.34. The molecule has 0 radical (unpaired) electrons. The summed E-state index contributed by atoms with van der Waals surface area (Å²) in [6.45, 7) is 12.8. The molecule has 1 atom stereocenters. The Bertz CT molecular complexity index is 549. The van der Waals surface area contributed by atoms with E-state index in [1.807, 2.05) is 32.6 Å². The molecule has 0 bridgehead atoms. The fourth-order valence-corrected chi connectivity index (χ4v) is 3.91. The predicted molar refractivity (Wildman–Crippen MR) is 98.7 cm³/mol. The quantitative estimate of drug-likeness (QED) is 0.747. The maximum Gasteiger partial charge on any atom is 0.410 e. The zero-order valence-electron chi connectivity index (χ0n) is 15.7. The van der Waals surface area contributed by atoms with Crippen LogP contribution in [0.5, 0.6) is 0 Å². The molecule has 24 heavy (non-hydrogen) atoms. The van der Waals surface area contributed by atoms with Gasteiger partial charge in [-0.15, -0.1) is 11.3 Å². The van der Waals surface area contributed by atoms with Crippen LogP contribution in [0.25, 0.3) is 0 Å². The van der Waals surface area contributed by atoms with Gasteiger partial charge in [0, 0.05) is 30.0 Å². The molecule has 2 rings (SSSR count). The second-order valence-electron chi connectivity index (χ2n) is 7.85. The van der Waals surface area contributed by atoms with Crippen molar-refractivity contribution < 1.29 is 14.3 Å². The minimum Gasteiger partial charge on any atom is -0.444 e. The van der Waals surface area contributed by atoms with Gasteiger partial charge in [-0.1, -0.05) is 0 Å². The number of hydrogen-bond donors (Lipinski definition) is 0. The van der Waals surface area contributed by atoms with E-state index in [-0.39, 0.29) is 11.5 Å². The van der Waals surface area contributed by atoms with Crippen molar-refractivity contribution in [3.63, 3.8) is 0 Å². The van der Waals surface area contributed by atoms with Gasteiger partial charge in [0.1, 0.15) is 5.60 Å². The topological polar surface area (TPSA) is 38.8 Å². The van der Waals surface area contributed by atoms with Gasteiger partial charge < -0.3 is 14.4 Å². The third-order valence-electron chi connectivity index (χ3n) is 4.43. The van der Waals surface area contributed by atoms with Crippen LogP contribution in [0.3, 0.4) is 0 Å². The standard InChI is InChI=1S/C19H31NO3S/c1-6-22-14-19(8-7-16-11-15(2)24-12-16)9-10-20(13-19)17(21)23-18(3,4)5/h11-12H,6-10,13-14H2,1-5H3/t19-/m1/s1. The molecule has 4 nitrogen and oxygen atoms in total. The number of rotatable bonds is 6. The lowest BCUT2D eigenvalue weighted by molar-refractivity contribution is 0.0196. The summed E-state index contributed by atoms with van der Waals surface area (Å²) >= 11 is 1.80. The van der Waals surface area contributed by atoms with Gasteiger partial charge in [0.05, 0.1) is 6.61 Å². The molecule has 0 saturated carbocycles. The Morgan fingerprint density at radius 1 is 1.42 bits per heavy atom. The van der Waals surface area contributed by atoms with E-state index in [1.165, 1.54) is 10.4 Å². The average molecular weight is 354 g/mol. The Kier molecular flexibility index (Phi) is 6.32. The number of amides is 1. The van der Waals surface area contributed by atoms with Crippen molar-refractivity contribution in [3.05, 3.63) is 21.9 Å². The first-order valence-electron chi connectivity index (χ1n) is 8.83. The smallest absolute Gasteiger partial charge is 0.410 e. The summed E-state index contributed by atoms with van der Waals surface area (Å²) in [5.74, 6) is 0. The molecule has 0 aliphatic carbocycles. The van der Waals surface area contributed by atoms with Crippen LogP contribution in [0.2, 0.25) is 0 Å². The van der Waals surface area contributed by atoms with Crippen molar-refractivity contribution in [1.82, 2.24) is 4.90 Å². The Hall–Kier alpha value is -1.07. The second-order valence-corrected chi connectivity index (χ2v) is 8.97. The molecule has 2 heterocycles. The van der Waals surface area contributed by atoms with Crippen molar-refractivity contribution in [2.75, 3.05) is 26.3 Å². The van der Waals surface area contributed by atoms with Crippen LogP contribution in [0.4, 0.5) is 4.79 Å². The molecule has 1 aliphatic heterocycles. The van der Waals surface area contributed by atoms with E-state index in [0.29, 0.717) is 13.2 Å². The molecule has 0 N–H and O–H groups in total. The van der Waals surface area contributed by atoms with E-state index in [0.717, 1.165) is 32.4 Å². The van der Waals surface area contributed by atoms with Gasteiger partial charge in [-0.2, -0.15) is 0 Å². The van der Waals surface area contributed by atoms with E-state index in [9.17, 15) is 4.79 Å². The SMILES string of the molecule is CCOC[C@]1(CCc2csc(C)c2)CCN(C(=O)OC(C)(C)C)C1. The molecule has 1 saturated heterocycles. The number of aryl methyl sites for hydroxylation is 2. The van der Waals surface area contributed by atoms with Gasteiger partial charge in [0.15, 0.2) is 0 Å². The normalized spacial score (nSPS) is 21.3. The second kappa shape index (κ2) is 7.87. The van der Waals surface area contributed by atoms with E-state index in [1.54, 1.807) is 11.3 Å². The molecule has 1 aromatic heterocycles. The van der Waals surface area contributed by atoms with Gasteiger partial charge in [-0.05, 0) is 70.9 Å². The summed E-state index contributed by atoms with van der Waals surface area (Å²) < 4.78 is 11.3. The highest BCUT2D eigenvalue weighted by Crippen LogP contribution is 2.36. The van der Waals surface area contributed by atoms with Crippen LogP contribution in [0.1, 0.15) is 51.0 Å². The summed E-state index contributed by atoms with van der Waals surface area (Å²) in [6.07, 6.45) is 2.87. The molecule has 5 heteroatoms. The third kappa shape index (κ3) is 5.49. The van der Waals surface area contributed by atoms with Gasteiger partial charge in [-0.3, -0.25) is 0 Å². The van der Waals surface area contributed by atoms with Crippen molar-refractivity contribution >= 4 is 17.4 Å². The molecule has 0 spiro atoms. The van der Waals surface area contributed by atoms with Crippen LogP contribution in [-0.2, 0) is 15.9 Å². The lowest BCUT2D eigenvalue weighted by Crippen LogP contribution is -2.38. The predicted octanol–water partition coefficient (Wildman–Crippen LogP) is 4.65. The first-order chi connectivity index (χ1) is 11.2. The Morgan fingerprint density at radius 3 is 2.75 bits per heavy atom. The van der Waals surface area contributed by atoms with Crippen molar-refractivity contribution in [1.29, 1.82) is 0 Å². The number of likely N-dealkylation sites (tertiary alicyclic amines) is 1. The molecule has 0 unspecified atom stereocenters. The number of ether oxygens (including phenoxy) is 2. The Labute approximate surface area is 150 Å². The minimum atomic E-state index is -0.448. The molecule has 0 aromatic carbocycles. The van der Waals surface area contributed by atoms with Crippen LogP contribution in [0, 0.1) is 12.3 Å². The van der Waals surface area contributed by atoms with E-state index in [2.05, 4.69) is 18.4 Å². The molecule has 1 fully saturated rings. The van der Waals surface area contributed by atoms with Gasteiger partial charge in [0.2, 0.25) is 0 Å². The fraction of sp³-hybridized carbons (Fsp3) is 0.737. The van der Waals surface area contributed by atoms with Gasteiger partial charge in [-0.25, -0.2) is 4.79 Å². The first-order valence-corrected chi connectivity index (χ1v) is 9.71. The van der Waals surface area contributed by atoms with E-state index in [4.69, 9.17) is 9.47 Å². The lowest BCUT2D eigenvalue weighted by Gasteiger charge is -2.30. The highest BCUT2D eigenvalue weighted by atomic mass is 32.1. The van der Waals surface area contributed by atoms with E-state index >= 15 is 0 Å². The van der Waals surface area contributed by atoms with Crippen molar-refractivity contribution in [2.45, 2.75) is 59.5 Å². The summed E-state index contributed by atoms with van der Waals surface area (Å²) in [5.41, 5.74) is 0.989. The number of hydrogen-bond acceptors (Lipinski definition) is 4.